The molecule has 0 aliphatic carbocycles. The van der Waals surface area contributed by atoms with Gasteiger partial charge in [0.1, 0.15) is 0 Å². The van der Waals surface area contributed by atoms with Crippen LogP contribution in [0.2, 0.25) is 0 Å². The third-order valence-electron chi connectivity index (χ3n) is 2.22. The molecule has 1 fully saturated rings. The molecule has 2 heterocycles. The van der Waals surface area contributed by atoms with Gasteiger partial charge in [0, 0.05) is 25.5 Å². The first-order chi connectivity index (χ1) is 5.79. The van der Waals surface area contributed by atoms with E-state index in [4.69, 9.17) is 0 Å². The normalized spacial score (nSPS) is 22.9. The highest BCUT2D eigenvalue weighted by Crippen LogP contribution is 2.20. The summed E-state index contributed by atoms with van der Waals surface area (Å²) >= 11 is 0. The van der Waals surface area contributed by atoms with E-state index in [0.29, 0.717) is 6.54 Å². The number of hydrogen-bond donors (Lipinski definition) is 2. The van der Waals surface area contributed by atoms with Crippen LogP contribution in [0.4, 0.5) is 4.79 Å². The van der Waals surface area contributed by atoms with E-state index in [2.05, 4.69) is 10.3 Å². The first kappa shape index (κ1) is 7.21. The van der Waals surface area contributed by atoms with Gasteiger partial charge >= 0.3 is 6.03 Å². The highest BCUT2D eigenvalue weighted by molar-refractivity contribution is 5.76. The quantitative estimate of drug-likeness (QED) is 0.632. The Balaban J connectivity index is 2.21. The zero-order valence-corrected chi connectivity index (χ0v) is 6.87. The van der Waals surface area contributed by atoms with Crippen LogP contribution in [0.25, 0.3) is 0 Å². The van der Waals surface area contributed by atoms with Gasteiger partial charge in [-0.25, -0.2) is 4.79 Å². The van der Waals surface area contributed by atoms with Gasteiger partial charge in [-0.05, 0) is 12.1 Å². The topological polar surface area (TPSA) is 48.1 Å². The van der Waals surface area contributed by atoms with E-state index in [0.717, 1.165) is 5.69 Å². The lowest BCUT2D eigenvalue weighted by molar-refractivity contribution is 0.216. The van der Waals surface area contributed by atoms with Gasteiger partial charge in [0.2, 0.25) is 0 Å². The molecule has 1 saturated heterocycles. The average molecular weight is 165 g/mol. The third-order valence-corrected chi connectivity index (χ3v) is 2.22. The number of nitrogens with zero attached hydrogens (tertiary/aromatic N) is 1. The molecule has 1 aromatic heterocycles. The Morgan fingerprint density at radius 1 is 1.67 bits per heavy atom. The summed E-state index contributed by atoms with van der Waals surface area (Å²) in [5.74, 6) is 0. The smallest absolute Gasteiger partial charge is 0.317 e. The Morgan fingerprint density at radius 2 is 2.50 bits per heavy atom. The van der Waals surface area contributed by atoms with Crippen molar-refractivity contribution in [2.24, 2.45) is 0 Å². The van der Waals surface area contributed by atoms with E-state index < -0.39 is 0 Å². The van der Waals surface area contributed by atoms with Crippen LogP contribution in [0.3, 0.4) is 0 Å². The maximum atomic E-state index is 11.1. The number of urea groups is 1. The molecule has 2 amide bonds. The maximum Gasteiger partial charge on any atom is 0.317 e. The lowest BCUT2D eigenvalue weighted by atomic mass is 10.2. The molecule has 0 radical (unpaired) electrons. The predicted octanol–water partition coefficient (Wildman–Crippen LogP) is 0.711. The fraction of sp³-hybridized carbons (Fsp3) is 0.375. The SMILES string of the molecule is CN1C(=O)NCC1c1ccc[nH]1. The number of carbonyl (C=O) groups excluding carboxylic acids is 1. The lowest BCUT2D eigenvalue weighted by Gasteiger charge is -2.15. The molecule has 64 valence electrons. The van der Waals surface area contributed by atoms with Crippen molar-refractivity contribution in [1.29, 1.82) is 0 Å². The van der Waals surface area contributed by atoms with Crippen LogP contribution in [0, 0.1) is 0 Å². The van der Waals surface area contributed by atoms with Crippen LogP contribution < -0.4 is 5.32 Å². The minimum atomic E-state index is -0.00500. The van der Waals surface area contributed by atoms with Crippen LogP contribution in [0.15, 0.2) is 18.3 Å². The second-order valence-electron chi connectivity index (χ2n) is 2.94. The first-order valence-corrected chi connectivity index (χ1v) is 3.93. The minimum Gasteiger partial charge on any atom is -0.363 e. The Bertz CT molecular complexity index is 281. The molecular formula is C8H11N3O. The number of hydrogen-bond acceptors (Lipinski definition) is 1. The summed E-state index contributed by atoms with van der Waals surface area (Å²) in [6.07, 6.45) is 1.87. The summed E-state index contributed by atoms with van der Waals surface area (Å²) < 4.78 is 0. The van der Waals surface area contributed by atoms with Gasteiger partial charge in [-0.1, -0.05) is 0 Å². The number of likely N-dealkylation sites (N-methyl/N-ethyl adjacent to an activating group) is 1. The van der Waals surface area contributed by atoms with Gasteiger partial charge in [0.05, 0.1) is 6.04 Å². The Hall–Kier alpha value is -1.45. The summed E-state index contributed by atoms with van der Waals surface area (Å²) in [5.41, 5.74) is 1.08. The van der Waals surface area contributed by atoms with Crippen molar-refractivity contribution in [2.75, 3.05) is 13.6 Å². The molecule has 2 N–H and O–H groups in total. The molecule has 1 aromatic rings. The monoisotopic (exact) mass is 165 g/mol. The zero-order valence-electron chi connectivity index (χ0n) is 6.87. The van der Waals surface area contributed by atoms with Crippen molar-refractivity contribution < 1.29 is 4.79 Å². The number of nitrogens with one attached hydrogen (secondary N) is 2. The van der Waals surface area contributed by atoms with Gasteiger partial charge in [0.25, 0.3) is 0 Å². The van der Waals surface area contributed by atoms with Crippen molar-refractivity contribution in [3.63, 3.8) is 0 Å². The third kappa shape index (κ3) is 0.958. The van der Waals surface area contributed by atoms with Gasteiger partial charge in [0.15, 0.2) is 0 Å². The van der Waals surface area contributed by atoms with E-state index in [-0.39, 0.29) is 12.1 Å². The number of aromatic nitrogens is 1. The molecule has 0 aromatic carbocycles. The Labute approximate surface area is 70.6 Å². The molecule has 12 heavy (non-hydrogen) atoms. The van der Waals surface area contributed by atoms with Gasteiger partial charge in [-0.3, -0.25) is 0 Å². The van der Waals surface area contributed by atoms with Crippen molar-refractivity contribution >= 4 is 6.03 Å². The van der Waals surface area contributed by atoms with Crippen LogP contribution >= 0.6 is 0 Å². The van der Waals surface area contributed by atoms with Crippen molar-refractivity contribution in [3.8, 4) is 0 Å². The molecule has 4 nitrogen and oxygen atoms in total. The molecule has 1 aliphatic heterocycles. The largest absolute Gasteiger partial charge is 0.363 e. The molecule has 0 saturated carbocycles. The van der Waals surface area contributed by atoms with Crippen molar-refractivity contribution in [3.05, 3.63) is 24.0 Å². The average Bonchev–Trinajstić information content (AvgIpc) is 2.64. The molecule has 0 spiro atoms. The van der Waals surface area contributed by atoms with E-state index >= 15 is 0 Å². The number of amides is 2. The van der Waals surface area contributed by atoms with Gasteiger partial charge in [-0.2, -0.15) is 0 Å². The first-order valence-electron chi connectivity index (χ1n) is 3.93. The van der Waals surface area contributed by atoms with E-state index in [1.165, 1.54) is 0 Å². The van der Waals surface area contributed by atoms with Crippen LogP contribution in [0.5, 0.6) is 0 Å². The second-order valence-corrected chi connectivity index (χ2v) is 2.94. The maximum absolute atomic E-state index is 11.1. The molecule has 1 aliphatic rings. The Morgan fingerprint density at radius 3 is 3.00 bits per heavy atom. The van der Waals surface area contributed by atoms with Gasteiger partial charge < -0.3 is 15.2 Å². The molecular weight excluding hydrogens is 154 g/mol. The summed E-state index contributed by atoms with van der Waals surface area (Å²) in [6, 6.07) is 4.08. The predicted molar refractivity (Wildman–Crippen MR) is 44.7 cm³/mol. The number of aromatic amines is 1. The summed E-state index contributed by atoms with van der Waals surface area (Å²) in [5, 5.41) is 2.77. The van der Waals surface area contributed by atoms with Gasteiger partial charge in [-0.15, -0.1) is 0 Å². The summed E-state index contributed by atoms with van der Waals surface area (Å²) in [4.78, 5) is 15.9. The molecule has 2 rings (SSSR count). The molecule has 4 heteroatoms. The standard InChI is InChI=1S/C8H11N3O/c1-11-7(5-10-8(11)12)6-3-2-4-9-6/h2-4,7,9H,5H2,1H3,(H,10,12). The van der Waals surface area contributed by atoms with Crippen molar-refractivity contribution in [2.45, 2.75) is 6.04 Å². The lowest BCUT2D eigenvalue weighted by Crippen LogP contribution is -2.25. The number of H-pyrrole nitrogens is 1. The fourth-order valence-corrected chi connectivity index (χ4v) is 1.46. The number of rotatable bonds is 1. The summed E-state index contributed by atoms with van der Waals surface area (Å²) in [6.45, 7) is 0.690. The zero-order chi connectivity index (χ0) is 8.55. The fourth-order valence-electron chi connectivity index (χ4n) is 1.46. The highest BCUT2D eigenvalue weighted by atomic mass is 16.2. The highest BCUT2D eigenvalue weighted by Gasteiger charge is 2.28. The second kappa shape index (κ2) is 2.55. The van der Waals surface area contributed by atoms with Crippen LogP contribution in [0.1, 0.15) is 11.7 Å². The van der Waals surface area contributed by atoms with E-state index in [1.54, 1.807) is 11.9 Å². The molecule has 1 atom stereocenters. The van der Waals surface area contributed by atoms with Crippen LogP contribution in [-0.2, 0) is 0 Å². The minimum absolute atomic E-state index is 0.00500. The number of carbonyl (C=O) groups is 1. The van der Waals surface area contributed by atoms with Crippen molar-refractivity contribution in [1.82, 2.24) is 15.2 Å². The van der Waals surface area contributed by atoms with Crippen LogP contribution in [-0.4, -0.2) is 29.5 Å². The Kier molecular flexibility index (Phi) is 1.53. The molecule has 1 unspecified atom stereocenters. The molecule has 0 bridgehead atoms. The van der Waals surface area contributed by atoms with E-state index in [1.807, 2.05) is 18.3 Å². The summed E-state index contributed by atoms with van der Waals surface area (Å²) in [7, 11) is 1.80. The van der Waals surface area contributed by atoms with E-state index in [9.17, 15) is 4.79 Å².